The first-order valence-corrected chi connectivity index (χ1v) is 3.26. The normalized spacial score (nSPS) is 32.7. The van der Waals surface area contributed by atoms with Crippen molar-refractivity contribution in [2.45, 2.75) is 18.1 Å². The first kappa shape index (κ1) is 9.46. The molecule has 1 aliphatic heterocycles. The van der Waals surface area contributed by atoms with Gasteiger partial charge in [0.25, 0.3) is 0 Å². The van der Waals surface area contributed by atoms with Crippen LogP contribution in [0.4, 0.5) is 0 Å². The van der Waals surface area contributed by atoms with E-state index in [1.165, 1.54) is 0 Å². The zero-order chi connectivity index (χ0) is 10.2. The number of carbonyl (C=O) groups excluding carboxylic acids is 1. The van der Waals surface area contributed by atoms with Crippen molar-refractivity contribution in [1.29, 1.82) is 0 Å². The quantitative estimate of drug-likeness (QED) is 0.439. The summed E-state index contributed by atoms with van der Waals surface area (Å²) in [4.78, 5) is 31.4. The van der Waals surface area contributed by atoms with Crippen molar-refractivity contribution in [3.63, 3.8) is 0 Å². The number of ether oxygens (including phenoxy) is 1. The van der Waals surface area contributed by atoms with Gasteiger partial charge in [0.15, 0.2) is 0 Å². The average Bonchev–Trinajstić information content (AvgIpc) is 2.27. The Morgan fingerprint density at radius 3 is 2.31 bits per heavy atom. The molecule has 3 N–H and O–H groups in total. The van der Waals surface area contributed by atoms with Gasteiger partial charge in [-0.15, -0.1) is 0 Å². The minimum Gasteiger partial charge on any atom is -0.479 e. The Labute approximate surface area is 71.5 Å². The third-order valence-electron chi connectivity index (χ3n) is 1.69. The smallest absolute Gasteiger partial charge is 0.348 e. The summed E-state index contributed by atoms with van der Waals surface area (Å²) in [7, 11) is 0. The van der Waals surface area contributed by atoms with Crippen molar-refractivity contribution >= 4 is 17.9 Å². The third-order valence-corrected chi connectivity index (χ3v) is 1.69. The Morgan fingerprint density at radius 1 is 1.46 bits per heavy atom. The molecule has 1 rings (SSSR count). The number of hydrogen-bond acceptors (Lipinski definition) is 5. The fourth-order valence-corrected chi connectivity index (χ4v) is 1.03. The van der Waals surface area contributed by atoms with Crippen molar-refractivity contribution in [2.24, 2.45) is 0 Å². The Hall–Kier alpha value is -1.63. The molecule has 7 nitrogen and oxygen atoms in total. The van der Waals surface area contributed by atoms with Gasteiger partial charge < -0.3 is 20.1 Å². The van der Waals surface area contributed by atoms with Gasteiger partial charge in [0.2, 0.25) is 11.7 Å². The fraction of sp³-hybridized carbons (Fsp3) is 0.500. The van der Waals surface area contributed by atoms with Crippen LogP contribution in [0.2, 0.25) is 0 Å². The summed E-state index contributed by atoms with van der Waals surface area (Å²) in [5.74, 6) is -4.51. The molecule has 0 spiro atoms. The minimum atomic E-state index is -2.65. The van der Waals surface area contributed by atoms with Gasteiger partial charge in [-0.3, -0.25) is 4.79 Å². The molecule has 0 aromatic heterocycles. The molecule has 2 atom stereocenters. The summed E-state index contributed by atoms with van der Waals surface area (Å²) in [6.45, 7) is 0. The van der Waals surface area contributed by atoms with Crippen molar-refractivity contribution in [1.82, 2.24) is 0 Å². The first-order chi connectivity index (χ1) is 5.88. The molecular weight excluding hydrogens is 184 g/mol. The zero-order valence-corrected chi connectivity index (χ0v) is 6.26. The number of rotatable bonds is 2. The minimum absolute atomic E-state index is 0.848. The van der Waals surface area contributed by atoms with Gasteiger partial charge >= 0.3 is 17.9 Å². The number of carboxylic acids is 2. The second-order valence-electron chi connectivity index (χ2n) is 2.61. The second kappa shape index (κ2) is 2.70. The lowest BCUT2D eigenvalue weighted by Gasteiger charge is -2.18. The highest BCUT2D eigenvalue weighted by molar-refractivity contribution is 5.95. The van der Waals surface area contributed by atoms with Crippen molar-refractivity contribution in [2.75, 3.05) is 0 Å². The number of aliphatic hydroxyl groups is 1. The van der Waals surface area contributed by atoms with E-state index in [2.05, 4.69) is 4.74 Å². The molecule has 13 heavy (non-hydrogen) atoms. The SMILES string of the molecule is O=C1C[C@@](O)(C(=O)O)C(C(=O)O)O1. The monoisotopic (exact) mass is 190 g/mol. The van der Waals surface area contributed by atoms with Gasteiger partial charge in [-0.05, 0) is 0 Å². The predicted octanol–water partition coefficient (Wildman–Crippen LogP) is -1.80. The van der Waals surface area contributed by atoms with Crippen molar-refractivity contribution in [3.05, 3.63) is 0 Å². The molecular formula is C6H6O7. The van der Waals surface area contributed by atoms with Crippen molar-refractivity contribution < 1.29 is 34.4 Å². The highest BCUT2D eigenvalue weighted by atomic mass is 16.6. The van der Waals surface area contributed by atoms with E-state index >= 15 is 0 Å². The highest BCUT2D eigenvalue weighted by Gasteiger charge is 2.58. The fourth-order valence-electron chi connectivity index (χ4n) is 1.03. The predicted molar refractivity (Wildman–Crippen MR) is 34.7 cm³/mol. The van der Waals surface area contributed by atoms with Gasteiger partial charge in [0, 0.05) is 0 Å². The molecule has 0 aromatic rings. The van der Waals surface area contributed by atoms with E-state index in [1.54, 1.807) is 0 Å². The van der Waals surface area contributed by atoms with Crippen LogP contribution in [0.3, 0.4) is 0 Å². The van der Waals surface area contributed by atoms with E-state index < -0.39 is 36.0 Å². The lowest BCUT2D eigenvalue weighted by Crippen LogP contribution is -2.49. The molecule has 0 amide bonds. The molecule has 1 heterocycles. The lowest BCUT2D eigenvalue weighted by molar-refractivity contribution is -0.176. The van der Waals surface area contributed by atoms with Crippen LogP contribution in [-0.4, -0.2) is 44.9 Å². The van der Waals surface area contributed by atoms with Crippen LogP contribution in [0.15, 0.2) is 0 Å². The van der Waals surface area contributed by atoms with E-state index in [4.69, 9.17) is 10.2 Å². The van der Waals surface area contributed by atoms with Crippen LogP contribution < -0.4 is 0 Å². The molecule has 0 aromatic carbocycles. The van der Waals surface area contributed by atoms with E-state index in [0.717, 1.165) is 0 Å². The Kier molecular flexibility index (Phi) is 1.96. The maximum absolute atomic E-state index is 10.6. The van der Waals surface area contributed by atoms with Crippen LogP contribution in [0.5, 0.6) is 0 Å². The Balaban J connectivity index is 3.01. The first-order valence-electron chi connectivity index (χ1n) is 3.26. The molecule has 0 bridgehead atoms. The molecule has 0 radical (unpaired) electrons. The summed E-state index contributed by atoms with van der Waals surface area (Å²) in [6, 6.07) is 0. The van der Waals surface area contributed by atoms with Gasteiger partial charge in [0.1, 0.15) is 0 Å². The van der Waals surface area contributed by atoms with E-state index in [1.807, 2.05) is 0 Å². The highest BCUT2D eigenvalue weighted by Crippen LogP contribution is 2.27. The Bertz CT molecular complexity index is 283. The molecule has 72 valence electrons. The van der Waals surface area contributed by atoms with Crippen LogP contribution in [-0.2, 0) is 19.1 Å². The van der Waals surface area contributed by atoms with E-state index in [9.17, 15) is 19.5 Å². The van der Waals surface area contributed by atoms with Gasteiger partial charge in [0.05, 0.1) is 6.42 Å². The maximum Gasteiger partial charge on any atom is 0.348 e. The number of hydrogen-bond donors (Lipinski definition) is 3. The summed E-state index contributed by atoms with van der Waals surface area (Å²) in [5.41, 5.74) is -2.65. The van der Waals surface area contributed by atoms with E-state index in [0.29, 0.717) is 0 Å². The third kappa shape index (κ3) is 1.33. The molecule has 1 aliphatic rings. The maximum atomic E-state index is 10.6. The van der Waals surface area contributed by atoms with Crippen molar-refractivity contribution in [3.8, 4) is 0 Å². The molecule has 0 saturated carbocycles. The summed E-state index contributed by atoms with van der Waals surface area (Å²) in [5, 5.41) is 26.1. The van der Waals surface area contributed by atoms with Crippen LogP contribution in [0.1, 0.15) is 6.42 Å². The zero-order valence-electron chi connectivity index (χ0n) is 6.26. The number of aliphatic carboxylic acids is 2. The number of esters is 1. The summed E-state index contributed by atoms with van der Waals surface area (Å²) in [6.07, 6.45) is -2.88. The van der Waals surface area contributed by atoms with Crippen LogP contribution >= 0.6 is 0 Å². The van der Waals surface area contributed by atoms with E-state index in [-0.39, 0.29) is 0 Å². The largest absolute Gasteiger partial charge is 0.479 e. The van der Waals surface area contributed by atoms with Gasteiger partial charge in [-0.25, -0.2) is 9.59 Å². The van der Waals surface area contributed by atoms with Crippen LogP contribution in [0.25, 0.3) is 0 Å². The average molecular weight is 190 g/mol. The van der Waals surface area contributed by atoms with Gasteiger partial charge in [-0.2, -0.15) is 0 Å². The summed E-state index contributed by atoms with van der Waals surface area (Å²) < 4.78 is 4.13. The van der Waals surface area contributed by atoms with Gasteiger partial charge in [-0.1, -0.05) is 0 Å². The number of carboxylic acid groups (broad SMARTS) is 2. The molecule has 1 unspecified atom stereocenters. The molecule has 1 fully saturated rings. The summed E-state index contributed by atoms with van der Waals surface area (Å²) >= 11 is 0. The Morgan fingerprint density at radius 2 is 2.00 bits per heavy atom. The standard InChI is InChI=1S/C6H6O7/c7-2-1-6(12,5(10)11)3(13-2)4(8)9/h3,12H,1H2,(H,8,9)(H,10,11)/t3?,6-/m0/s1. The second-order valence-corrected chi connectivity index (χ2v) is 2.61. The number of cyclic esters (lactones) is 1. The topological polar surface area (TPSA) is 121 Å². The lowest BCUT2D eigenvalue weighted by atomic mass is 9.96. The van der Waals surface area contributed by atoms with Crippen LogP contribution in [0, 0.1) is 0 Å². The number of carbonyl (C=O) groups is 3. The molecule has 7 heteroatoms. The molecule has 1 saturated heterocycles. The molecule has 0 aliphatic carbocycles.